The molecule has 0 spiro atoms. The Morgan fingerprint density at radius 1 is 1.50 bits per heavy atom. The van der Waals surface area contributed by atoms with Gasteiger partial charge in [0, 0.05) is 12.0 Å². The predicted molar refractivity (Wildman–Crippen MR) is 72.2 cm³/mol. The summed E-state index contributed by atoms with van der Waals surface area (Å²) in [5.74, 6) is -0.757. The van der Waals surface area contributed by atoms with E-state index in [1.807, 2.05) is 12.2 Å². The van der Waals surface area contributed by atoms with E-state index >= 15 is 0 Å². The minimum Gasteiger partial charge on any atom is -0.478 e. The second kappa shape index (κ2) is 5.53. The van der Waals surface area contributed by atoms with Crippen molar-refractivity contribution >= 4 is 5.97 Å². The molecule has 2 atom stereocenters. The van der Waals surface area contributed by atoms with Crippen molar-refractivity contribution in [1.29, 1.82) is 0 Å². The summed E-state index contributed by atoms with van der Waals surface area (Å²) < 4.78 is 0. The van der Waals surface area contributed by atoms with Gasteiger partial charge >= 0.3 is 5.97 Å². The van der Waals surface area contributed by atoms with Gasteiger partial charge in [0.1, 0.15) is 0 Å². The molecule has 0 bridgehead atoms. The van der Waals surface area contributed by atoms with Gasteiger partial charge in [0.25, 0.3) is 0 Å². The molecule has 0 aromatic carbocycles. The fraction of sp³-hybridized carbons (Fsp3) is 0.533. The number of carbonyl (C=O) groups is 1. The predicted octanol–water partition coefficient (Wildman–Crippen LogP) is 2.93. The molecule has 0 unspecified atom stereocenters. The second-order valence-electron chi connectivity index (χ2n) is 5.77. The molecule has 1 rings (SSSR count). The highest BCUT2D eigenvalue weighted by molar-refractivity contribution is 5.81. The van der Waals surface area contributed by atoms with Gasteiger partial charge in [-0.15, -0.1) is 0 Å². The zero-order valence-electron chi connectivity index (χ0n) is 11.3. The third-order valence-corrected chi connectivity index (χ3v) is 3.44. The largest absolute Gasteiger partial charge is 0.478 e. The molecule has 0 amide bonds. The summed E-state index contributed by atoms with van der Waals surface area (Å²) in [5, 5.41) is 18.4. The number of hydrogen-bond donors (Lipinski definition) is 2. The van der Waals surface area contributed by atoms with Crippen molar-refractivity contribution in [3.8, 4) is 0 Å². The van der Waals surface area contributed by atoms with Crippen LogP contribution < -0.4 is 0 Å². The first-order chi connectivity index (χ1) is 8.22. The molecular weight excluding hydrogens is 228 g/mol. The minimum atomic E-state index is -0.936. The summed E-state index contributed by atoms with van der Waals surface area (Å²) in [7, 11) is 0. The molecule has 1 aliphatic carbocycles. The van der Waals surface area contributed by atoms with E-state index in [2.05, 4.69) is 20.4 Å². The minimum absolute atomic E-state index is 0.0469. The number of hydrogen-bond acceptors (Lipinski definition) is 2. The SMILES string of the molecule is C=C1C[C@@H](O)CC(C)(C)[C@H]1C=CC(C)=CC(=O)O. The molecule has 0 aromatic rings. The molecular formula is C15H22O3. The van der Waals surface area contributed by atoms with Gasteiger partial charge in [0.15, 0.2) is 0 Å². The van der Waals surface area contributed by atoms with Crippen LogP contribution in [0.15, 0.2) is 36.0 Å². The van der Waals surface area contributed by atoms with Crippen LogP contribution in [0.3, 0.4) is 0 Å². The van der Waals surface area contributed by atoms with Crippen molar-refractivity contribution in [1.82, 2.24) is 0 Å². The molecule has 0 saturated heterocycles. The average molecular weight is 250 g/mol. The zero-order chi connectivity index (χ0) is 13.9. The van der Waals surface area contributed by atoms with E-state index in [9.17, 15) is 9.90 Å². The van der Waals surface area contributed by atoms with Crippen LogP contribution in [-0.2, 0) is 4.79 Å². The summed E-state index contributed by atoms with van der Waals surface area (Å²) >= 11 is 0. The zero-order valence-corrected chi connectivity index (χ0v) is 11.3. The Labute approximate surface area is 109 Å². The summed E-state index contributed by atoms with van der Waals surface area (Å²) in [6.45, 7) is 10.0. The second-order valence-corrected chi connectivity index (χ2v) is 5.77. The van der Waals surface area contributed by atoms with Crippen LogP contribution in [0, 0.1) is 11.3 Å². The van der Waals surface area contributed by atoms with Gasteiger partial charge in [-0.2, -0.15) is 0 Å². The normalized spacial score (nSPS) is 28.7. The van der Waals surface area contributed by atoms with E-state index in [0.717, 1.165) is 12.0 Å². The van der Waals surface area contributed by atoms with Gasteiger partial charge < -0.3 is 10.2 Å². The Kier molecular flexibility index (Phi) is 4.52. The fourth-order valence-corrected chi connectivity index (χ4v) is 2.68. The third kappa shape index (κ3) is 3.84. The van der Waals surface area contributed by atoms with Crippen LogP contribution in [-0.4, -0.2) is 22.3 Å². The van der Waals surface area contributed by atoms with E-state index < -0.39 is 5.97 Å². The van der Waals surface area contributed by atoms with Crippen LogP contribution in [0.2, 0.25) is 0 Å². The molecule has 2 N–H and O–H groups in total. The van der Waals surface area contributed by atoms with E-state index in [1.54, 1.807) is 6.92 Å². The van der Waals surface area contributed by atoms with E-state index in [1.165, 1.54) is 6.08 Å². The maximum Gasteiger partial charge on any atom is 0.328 e. The highest BCUT2D eigenvalue weighted by atomic mass is 16.4. The smallest absolute Gasteiger partial charge is 0.328 e. The van der Waals surface area contributed by atoms with Crippen LogP contribution in [0.1, 0.15) is 33.6 Å². The first-order valence-electron chi connectivity index (χ1n) is 6.17. The van der Waals surface area contributed by atoms with E-state index in [4.69, 9.17) is 5.11 Å². The Morgan fingerprint density at radius 3 is 2.61 bits per heavy atom. The summed E-state index contributed by atoms with van der Waals surface area (Å²) in [4.78, 5) is 10.5. The highest BCUT2D eigenvalue weighted by Gasteiger charge is 2.36. The number of carboxylic acid groups (broad SMARTS) is 1. The standard InChI is InChI=1S/C15H22O3/c1-10(7-14(17)18)5-6-13-11(2)8-12(16)9-15(13,3)4/h5-7,12-13,16H,2,8-9H2,1,3-4H3,(H,17,18)/t12-,13+/m1/s1. The van der Waals surface area contributed by atoms with Crippen molar-refractivity contribution in [2.24, 2.45) is 11.3 Å². The quantitative estimate of drug-likeness (QED) is 0.460. The Bertz CT molecular complexity index is 402. The van der Waals surface area contributed by atoms with Gasteiger partial charge in [-0.1, -0.05) is 38.2 Å². The number of aliphatic hydroxyl groups excluding tert-OH is 1. The van der Waals surface area contributed by atoms with Crippen LogP contribution in [0.5, 0.6) is 0 Å². The summed E-state index contributed by atoms with van der Waals surface area (Å²) in [6, 6.07) is 0. The molecule has 0 aromatic heterocycles. The highest BCUT2D eigenvalue weighted by Crippen LogP contribution is 2.43. The van der Waals surface area contributed by atoms with Crippen LogP contribution in [0.4, 0.5) is 0 Å². The van der Waals surface area contributed by atoms with Crippen molar-refractivity contribution in [3.05, 3.63) is 36.0 Å². The van der Waals surface area contributed by atoms with Gasteiger partial charge in [0.2, 0.25) is 0 Å². The lowest BCUT2D eigenvalue weighted by Crippen LogP contribution is -2.35. The van der Waals surface area contributed by atoms with Crippen LogP contribution >= 0.6 is 0 Å². The van der Waals surface area contributed by atoms with Crippen molar-refractivity contribution in [3.63, 3.8) is 0 Å². The lowest BCUT2D eigenvalue weighted by molar-refractivity contribution is -0.131. The summed E-state index contributed by atoms with van der Waals surface area (Å²) in [5.41, 5.74) is 1.67. The molecule has 1 saturated carbocycles. The lowest BCUT2D eigenvalue weighted by Gasteiger charge is -2.41. The Balaban J connectivity index is 2.85. The maximum absolute atomic E-state index is 10.5. The van der Waals surface area contributed by atoms with E-state index in [-0.39, 0.29) is 17.4 Å². The van der Waals surface area contributed by atoms with Crippen molar-refractivity contribution in [2.45, 2.75) is 39.7 Å². The number of rotatable bonds is 3. The topological polar surface area (TPSA) is 57.5 Å². The van der Waals surface area contributed by atoms with E-state index in [0.29, 0.717) is 12.0 Å². The van der Waals surface area contributed by atoms with Crippen LogP contribution in [0.25, 0.3) is 0 Å². The number of allylic oxidation sites excluding steroid dienone is 3. The fourth-order valence-electron chi connectivity index (χ4n) is 2.68. The maximum atomic E-state index is 10.5. The van der Waals surface area contributed by atoms with Gasteiger partial charge in [0.05, 0.1) is 6.10 Å². The van der Waals surface area contributed by atoms with Gasteiger partial charge in [-0.25, -0.2) is 4.79 Å². The molecule has 0 aliphatic heterocycles. The molecule has 1 fully saturated rings. The molecule has 0 radical (unpaired) electrons. The molecule has 3 heteroatoms. The lowest BCUT2D eigenvalue weighted by atomic mass is 9.65. The molecule has 0 heterocycles. The average Bonchev–Trinajstić information content (AvgIpc) is 2.12. The van der Waals surface area contributed by atoms with Crippen molar-refractivity contribution < 1.29 is 15.0 Å². The monoisotopic (exact) mass is 250 g/mol. The van der Waals surface area contributed by atoms with Crippen molar-refractivity contribution in [2.75, 3.05) is 0 Å². The molecule has 18 heavy (non-hydrogen) atoms. The first kappa shape index (κ1) is 14.7. The summed E-state index contributed by atoms with van der Waals surface area (Å²) in [6.07, 6.45) is 6.06. The molecule has 1 aliphatic rings. The Morgan fingerprint density at radius 2 is 2.11 bits per heavy atom. The van der Waals surface area contributed by atoms with Gasteiger partial charge in [-0.3, -0.25) is 0 Å². The first-order valence-corrected chi connectivity index (χ1v) is 6.17. The Hall–Kier alpha value is -1.35. The third-order valence-electron chi connectivity index (χ3n) is 3.44. The molecule has 3 nitrogen and oxygen atoms in total. The number of aliphatic carboxylic acids is 1. The number of aliphatic hydroxyl groups is 1. The molecule has 100 valence electrons. The number of carboxylic acids is 1. The van der Waals surface area contributed by atoms with Gasteiger partial charge in [-0.05, 0) is 30.8 Å².